The van der Waals surface area contributed by atoms with Crippen molar-refractivity contribution in [1.82, 2.24) is 20.1 Å². The largest absolute Gasteiger partial charge is 0.506 e. The second-order valence-electron chi connectivity index (χ2n) is 6.03. The molecule has 1 saturated heterocycles. The van der Waals surface area contributed by atoms with Gasteiger partial charge in [-0.2, -0.15) is 0 Å². The summed E-state index contributed by atoms with van der Waals surface area (Å²) in [6.07, 6.45) is 3.80. The van der Waals surface area contributed by atoms with E-state index in [0.29, 0.717) is 22.5 Å². The highest BCUT2D eigenvalue weighted by Crippen LogP contribution is 2.30. The van der Waals surface area contributed by atoms with E-state index in [9.17, 15) is 5.11 Å². The summed E-state index contributed by atoms with van der Waals surface area (Å²) in [5.41, 5.74) is 1.85. The standard InChI is InChI=1S/C16H20ClN5O/c1-10-6-14(19-12-4-3-5-22(2)9-12)20-21-15(10)16-13(23)7-11(17)8-18-16/h6-8,12,23H,3-5,9H2,1-2H3,(H,19,20). The summed E-state index contributed by atoms with van der Waals surface area (Å²) in [5.74, 6) is 0.754. The predicted octanol–water partition coefficient (Wildman–Crippen LogP) is 2.71. The third-order valence-electron chi connectivity index (χ3n) is 4.02. The van der Waals surface area contributed by atoms with E-state index in [1.807, 2.05) is 13.0 Å². The monoisotopic (exact) mass is 333 g/mol. The quantitative estimate of drug-likeness (QED) is 0.899. The van der Waals surface area contributed by atoms with Crippen LogP contribution in [0.5, 0.6) is 5.75 Å². The summed E-state index contributed by atoms with van der Waals surface area (Å²) < 4.78 is 0. The molecule has 1 fully saturated rings. The second kappa shape index (κ2) is 6.68. The Morgan fingerprint density at radius 2 is 2.13 bits per heavy atom. The fourth-order valence-corrected chi connectivity index (χ4v) is 3.05. The van der Waals surface area contributed by atoms with Crippen LogP contribution in [-0.2, 0) is 0 Å². The zero-order chi connectivity index (χ0) is 16.4. The summed E-state index contributed by atoms with van der Waals surface area (Å²) in [6.45, 7) is 4.07. The minimum atomic E-state index is 0.00418. The summed E-state index contributed by atoms with van der Waals surface area (Å²) in [7, 11) is 2.13. The normalized spacial score (nSPS) is 18.8. The fourth-order valence-electron chi connectivity index (χ4n) is 2.89. The van der Waals surface area contributed by atoms with Crippen LogP contribution in [0.25, 0.3) is 11.4 Å². The maximum Gasteiger partial charge on any atom is 0.149 e. The second-order valence-corrected chi connectivity index (χ2v) is 6.46. The molecular weight excluding hydrogens is 314 g/mol. The zero-order valence-electron chi connectivity index (χ0n) is 13.3. The van der Waals surface area contributed by atoms with Crippen molar-refractivity contribution in [3.8, 4) is 17.1 Å². The Balaban J connectivity index is 1.80. The summed E-state index contributed by atoms with van der Waals surface area (Å²) in [4.78, 5) is 6.46. The molecule has 0 bridgehead atoms. The van der Waals surface area contributed by atoms with Gasteiger partial charge in [-0.05, 0) is 45.0 Å². The number of rotatable bonds is 3. The summed E-state index contributed by atoms with van der Waals surface area (Å²) >= 11 is 5.82. The van der Waals surface area contributed by atoms with Crippen LogP contribution in [0, 0.1) is 6.92 Å². The SMILES string of the molecule is Cc1cc(NC2CCCN(C)C2)nnc1-c1ncc(Cl)cc1O. The van der Waals surface area contributed by atoms with E-state index in [-0.39, 0.29) is 5.75 Å². The predicted molar refractivity (Wildman–Crippen MR) is 90.8 cm³/mol. The Morgan fingerprint density at radius 3 is 2.83 bits per heavy atom. The number of halogens is 1. The van der Waals surface area contributed by atoms with Crippen LogP contribution in [0.3, 0.4) is 0 Å². The molecule has 1 aliphatic heterocycles. The molecule has 3 heterocycles. The van der Waals surface area contributed by atoms with E-state index < -0.39 is 0 Å². The first-order chi connectivity index (χ1) is 11.0. The average Bonchev–Trinajstić information content (AvgIpc) is 2.48. The van der Waals surface area contributed by atoms with Crippen molar-refractivity contribution in [2.75, 3.05) is 25.5 Å². The molecule has 2 aromatic rings. The van der Waals surface area contributed by atoms with Gasteiger partial charge in [0, 0.05) is 24.8 Å². The van der Waals surface area contributed by atoms with Crippen LogP contribution in [0.1, 0.15) is 18.4 Å². The molecule has 23 heavy (non-hydrogen) atoms. The Bertz CT molecular complexity index is 709. The molecule has 0 radical (unpaired) electrons. The van der Waals surface area contributed by atoms with Gasteiger partial charge in [0.2, 0.25) is 0 Å². The number of nitrogens with zero attached hydrogens (tertiary/aromatic N) is 4. The van der Waals surface area contributed by atoms with Crippen LogP contribution >= 0.6 is 11.6 Å². The summed E-state index contributed by atoms with van der Waals surface area (Å²) in [6, 6.07) is 3.78. The first kappa shape index (κ1) is 16.0. The van der Waals surface area contributed by atoms with Gasteiger partial charge in [-0.3, -0.25) is 0 Å². The maximum absolute atomic E-state index is 9.99. The molecule has 0 aromatic carbocycles. The fraction of sp³-hybridized carbons (Fsp3) is 0.438. The molecule has 1 aliphatic rings. The lowest BCUT2D eigenvalue weighted by Crippen LogP contribution is -2.39. The van der Waals surface area contributed by atoms with Crippen molar-refractivity contribution in [1.29, 1.82) is 0 Å². The number of hydrogen-bond acceptors (Lipinski definition) is 6. The molecule has 3 rings (SSSR count). The number of piperidine rings is 1. The van der Waals surface area contributed by atoms with Crippen molar-refractivity contribution in [2.45, 2.75) is 25.8 Å². The number of aryl methyl sites for hydroxylation is 1. The number of pyridine rings is 1. The van der Waals surface area contributed by atoms with E-state index in [4.69, 9.17) is 11.6 Å². The molecule has 7 heteroatoms. The molecule has 122 valence electrons. The highest BCUT2D eigenvalue weighted by atomic mass is 35.5. The van der Waals surface area contributed by atoms with Gasteiger partial charge in [-0.25, -0.2) is 4.98 Å². The lowest BCUT2D eigenvalue weighted by atomic mass is 10.1. The van der Waals surface area contributed by atoms with Gasteiger partial charge in [0.25, 0.3) is 0 Å². The highest BCUT2D eigenvalue weighted by molar-refractivity contribution is 6.30. The number of aromatic nitrogens is 3. The van der Waals surface area contributed by atoms with Gasteiger partial charge >= 0.3 is 0 Å². The third-order valence-corrected chi connectivity index (χ3v) is 4.23. The van der Waals surface area contributed by atoms with E-state index in [1.165, 1.54) is 18.7 Å². The van der Waals surface area contributed by atoms with Crippen LogP contribution in [0.15, 0.2) is 18.3 Å². The van der Waals surface area contributed by atoms with Crippen LogP contribution in [-0.4, -0.2) is 51.4 Å². The van der Waals surface area contributed by atoms with Gasteiger partial charge < -0.3 is 15.3 Å². The lowest BCUT2D eigenvalue weighted by Gasteiger charge is -2.30. The van der Waals surface area contributed by atoms with Crippen molar-refractivity contribution >= 4 is 17.4 Å². The topological polar surface area (TPSA) is 74.2 Å². The average molecular weight is 334 g/mol. The number of aromatic hydroxyl groups is 1. The number of nitrogens with one attached hydrogen (secondary N) is 1. The molecular formula is C16H20ClN5O. The van der Waals surface area contributed by atoms with Crippen molar-refractivity contribution < 1.29 is 5.11 Å². The highest BCUT2D eigenvalue weighted by Gasteiger charge is 2.18. The Morgan fingerprint density at radius 1 is 1.30 bits per heavy atom. The van der Waals surface area contributed by atoms with Gasteiger partial charge in [0.05, 0.1) is 5.02 Å². The Hall–Kier alpha value is -1.92. The molecule has 0 saturated carbocycles. The molecule has 1 unspecified atom stereocenters. The maximum atomic E-state index is 9.99. The van der Waals surface area contributed by atoms with Crippen LogP contribution in [0.4, 0.5) is 5.82 Å². The molecule has 0 amide bonds. The molecule has 0 spiro atoms. The minimum absolute atomic E-state index is 0.00418. The van der Waals surface area contributed by atoms with Crippen molar-refractivity contribution in [3.63, 3.8) is 0 Å². The van der Waals surface area contributed by atoms with Crippen molar-refractivity contribution in [3.05, 3.63) is 28.9 Å². The number of hydrogen-bond donors (Lipinski definition) is 2. The van der Waals surface area contributed by atoms with E-state index >= 15 is 0 Å². The Labute approximate surface area is 140 Å². The number of likely N-dealkylation sites (N-methyl/N-ethyl adjacent to an activating group) is 1. The van der Waals surface area contributed by atoms with Crippen molar-refractivity contribution in [2.24, 2.45) is 0 Å². The van der Waals surface area contributed by atoms with E-state index in [2.05, 4.69) is 32.4 Å². The molecule has 6 nitrogen and oxygen atoms in total. The van der Waals surface area contributed by atoms with E-state index in [1.54, 1.807) is 0 Å². The molecule has 1 atom stereocenters. The van der Waals surface area contributed by atoms with E-state index in [0.717, 1.165) is 30.9 Å². The van der Waals surface area contributed by atoms with Crippen LogP contribution < -0.4 is 5.32 Å². The third kappa shape index (κ3) is 3.71. The Kier molecular flexibility index (Phi) is 4.63. The van der Waals surface area contributed by atoms with Gasteiger partial charge in [0.1, 0.15) is 23.0 Å². The smallest absolute Gasteiger partial charge is 0.149 e. The first-order valence-corrected chi connectivity index (χ1v) is 8.05. The molecule has 2 aromatic heterocycles. The van der Waals surface area contributed by atoms with Gasteiger partial charge in [0.15, 0.2) is 0 Å². The zero-order valence-corrected chi connectivity index (χ0v) is 14.0. The van der Waals surface area contributed by atoms with Crippen LogP contribution in [0.2, 0.25) is 5.02 Å². The van der Waals surface area contributed by atoms with Gasteiger partial charge in [-0.15, -0.1) is 10.2 Å². The molecule has 0 aliphatic carbocycles. The number of likely N-dealkylation sites (tertiary alicyclic amines) is 1. The molecule has 2 N–H and O–H groups in total. The van der Waals surface area contributed by atoms with Gasteiger partial charge in [-0.1, -0.05) is 11.6 Å². The first-order valence-electron chi connectivity index (χ1n) is 7.67. The number of anilines is 1. The minimum Gasteiger partial charge on any atom is -0.506 e. The summed E-state index contributed by atoms with van der Waals surface area (Å²) in [5, 5.41) is 22.3. The lowest BCUT2D eigenvalue weighted by molar-refractivity contribution is 0.260.